The van der Waals surface area contributed by atoms with Crippen molar-refractivity contribution >= 4 is 27.3 Å². The average molecular weight is 480 g/mol. The molecular weight excluding hydrogens is 454 g/mol. The van der Waals surface area contributed by atoms with Crippen LogP contribution in [0.1, 0.15) is 34.3 Å². The van der Waals surface area contributed by atoms with Gasteiger partial charge in [0.05, 0.1) is 9.82 Å². The molecule has 4 rings (SSSR count). The van der Waals surface area contributed by atoms with Crippen molar-refractivity contribution < 1.29 is 18.1 Å². The van der Waals surface area contributed by atoms with E-state index in [2.05, 4.69) is 16.9 Å². The van der Waals surface area contributed by atoms with Crippen LogP contribution in [0.2, 0.25) is 0 Å². The first-order valence-electron chi connectivity index (χ1n) is 11.0. The summed E-state index contributed by atoms with van der Waals surface area (Å²) in [6.07, 6.45) is 2.69. The summed E-state index contributed by atoms with van der Waals surface area (Å²) in [4.78, 5) is 25.3. The molecule has 1 aliphatic rings. The summed E-state index contributed by atoms with van der Waals surface area (Å²) in [6.45, 7) is 2.24. The van der Waals surface area contributed by atoms with Gasteiger partial charge < -0.3 is 4.90 Å². The minimum atomic E-state index is -4.03. The van der Waals surface area contributed by atoms with Gasteiger partial charge in [0.2, 0.25) is 0 Å². The van der Waals surface area contributed by atoms with Gasteiger partial charge in [-0.05, 0) is 62.1 Å². The van der Waals surface area contributed by atoms with Crippen LogP contribution in [0.15, 0.2) is 77.7 Å². The Labute approximate surface area is 198 Å². The molecule has 3 aromatic rings. The maximum atomic E-state index is 13.1. The minimum Gasteiger partial charge on any atom is -0.335 e. The molecule has 34 heavy (non-hydrogen) atoms. The Bertz CT molecular complexity index is 1310. The molecule has 8 nitrogen and oxygen atoms in total. The van der Waals surface area contributed by atoms with Crippen LogP contribution in [0.4, 0.5) is 11.4 Å². The highest BCUT2D eigenvalue weighted by molar-refractivity contribution is 7.92. The summed E-state index contributed by atoms with van der Waals surface area (Å²) in [5, 5.41) is 11.1. The van der Waals surface area contributed by atoms with Gasteiger partial charge in [0.1, 0.15) is 0 Å². The van der Waals surface area contributed by atoms with Gasteiger partial charge in [0.25, 0.3) is 21.6 Å². The number of nitrogens with one attached hydrogen (secondary N) is 1. The number of aryl methyl sites for hydroxylation is 1. The van der Waals surface area contributed by atoms with E-state index in [1.807, 2.05) is 23.1 Å². The number of anilines is 1. The molecule has 0 spiro atoms. The summed E-state index contributed by atoms with van der Waals surface area (Å²) in [5.41, 5.74) is 2.04. The molecule has 176 valence electrons. The molecular formula is C25H25N3O5S. The van der Waals surface area contributed by atoms with Crippen molar-refractivity contribution in [2.45, 2.75) is 37.1 Å². The Morgan fingerprint density at radius 1 is 1.09 bits per heavy atom. The first kappa shape index (κ1) is 23.4. The highest BCUT2D eigenvalue weighted by atomic mass is 32.2. The molecule has 1 unspecified atom stereocenters. The Balaban J connectivity index is 1.47. The second kappa shape index (κ2) is 9.64. The third-order valence-corrected chi connectivity index (χ3v) is 7.40. The van der Waals surface area contributed by atoms with Crippen LogP contribution in [-0.4, -0.2) is 36.7 Å². The molecule has 1 N–H and O–H groups in total. The van der Waals surface area contributed by atoms with Crippen LogP contribution in [-0.2, 0) is 16.4 Å². The fourth-order valence-electron chi connectivity index (χ4n) is 4.22. The van der Waals surface area contributed by atoms with Crippen molar-refractivity contribution in [1.82, 2.24) is 4.90 Å². The van der Waals surface area contributed by atoms with Gasteiger partial charge in [0.15, 0.2) is 0 Å². The van der Waals surface area contributed by atoms with E-state index in [1.54, 1.807) is 19.1 Å². The summed E-state index contributed by atoms with van der Waals surface area (Å²) in [6, 6.07) is 20.2. The van der Waals surface area contributed by atoms with Crippen LogP contribution < -0.4 is 4.72 Å². The van der Waals surface area contributed by atoms with E-state index in [0.29, 0.717) is 17.7 Å². The number of rotatable bonds is 7. The molecule has 3 aromatic carbocycles. The Morgan fingerprint density at radius 2 is 1.79 bits per heavy atom. The van der Waals surface area contributed by atoms with E-state index < -0.39 is 14.9 Å². The fraction of sp³-hybridized carbons (Fsp3) is 0.240. The minimum absolute atomic E-state index is 0.0815. The SMILES string of the molecule is Cc1ccc(S(=O)(=O)Nc2ccc(C(=O)N3CCCC3Cc3ccccc3)cc2)cc1[N+](=O)[O-]. The van der Waals surface area contributed by atoms with Gasteiger partial charge in [-0.1, -0.05) is 36.4 Å². The number of likely N-dealkylation sites (tertiary alicyclic amines) is 1. The number of nitro benzene ring substituents is 1. The monoisotopic (exact) mass is 479 g/mol. The smallest absolute Gasteiger partial charge is 0.273 e. The lowest BCUT2D eigenvalue weighted by Gasteiger charge is -2.25. The first-order chi connectivity index (χ1) is 16.2. The number of nitro groups is 1. The van der Waals surface area contributed by atoms with Crippen molar-refractivity contribution in [2.75, 3.05) is 11.3 Å². The van der Waals surface area contributed by atoms with Crippen LogP contribution in [0.5, 0.6) is 0 Å². The van der Waals surface area contributed by atoms with E-state index in [-0.39, 0.29) is 28.2 Å². The Hall–Kier alpha value is -3.72. The van der Waals surface area contributed by atoms with Gasteiger partial charge in [-0.2, -0.15) is 0 Å². The largest absolute Gasteiger partial charge is 0.335 e. The standard InChI is InChI=1S/C25H25N3O5S/c1-18-9-14-23(17-24(18)28(30)31)34(32,33)26-21-12-10-20(11-13-21)25(29)27-15-5-8-22(27)16-19-6-3-2-4-7-19/h2-4,6-7,9-14,17,22,26H,5,8,15-16H2,1H3. The predicted octanol–water partition coefficient (Wildman–Crippen LogP) is 4.55. The van der Waals surface area contributed by atoms with E-state index in [1.165, 1.54) is 29.8 Å². The molecule has 9 heteroatoms. The molecule has 1 amide bonds. The van der Waals surface area contributed by atoms with Crippen LogP contribution in [0.25, 0.3) is 0 Å². The molecule has 0 bridgehead atoms. The number of hydrogen-bond acceptors (Lipinski definition) is 5. The van der Waals surface area contributed by atoms with Crippen molar-refractivity contribution in [1.29, 1.82) is 0 Å². The third-order valence-electron chi connectivity index (χ3n) is 6.02. The van der Waals surface area contributed by atoms with Crippen molar-refractivity contribution in [2.24, 2.45) is 0 Å². The molecule has 1 fully saturated rings. The van der Waals surface area contributed by atoms with Gasteiger partial charge in [-0.25, -0.2) is 8.42 Å². The average Bonchev–Trinajstić information content (AvgIpc) is 3.27. The number of sulfonamides is 1. The summed E-state index contributed by atoms with van der Waals surface area (Å²) >= 11 is 0. The van der Waals surface area contributed by atoms with Crippen LogP contribution in [0, 0.1) is 17.0 Å². The van der Waals surface area contributed by atoms with E-state index in [0.717, 1.165) is 25.3 Å². The Kier molecular flexibility index (Phi) is 6.65. The highest BCUT2D eigenvalue weighted by Gasteiger charge is 2.29. The van der Waals surface area contributed by atoms with Crippen molar-refractivity contribution in [3.8, 4) is 0 Å². The molecule has 0 aliphatic carbocycles. The third kappa shape index (κ3) is 5.09. The lowest BCUT2D eigenvalue weighted by Crippen LogP contribution is -2.36. The maximum absolute atomic E-state index is 13.1. The molecule has 0 radical (unpaired) electrons. The second-order valence-corrected chi connectivity index (χ2v) is 10.1. The topological polar surface area (TPSA) is 110 Å². The van der Waals surface area contributed by atoms with E-state index in [9.17, 15) is 23.3 Å². The van der Waals surface area contributed by atoms with Gasteiger partial charge in [-0.3, -0.25) is 19.6 Å². The molecule has 1 saturated heterocycles. The lowest BCUT2D eigenvalue weighted by molar-refractivity contribution is -0.385. The number of benzene rings is 3. The highest BCUT2D eigenvalue weighted by Crippen LogP contribution is 2.26. The van der Waals surface area contributed by atoms with Crippen molar-refractivity contribution in [3.05, 3.63) is 99.6 Å². The van der Waals surface area contributed by atoms with Crippen LogP contribution >= 0.6 is 0 Å². The molecule has 1 atom stereocenters. The molecule has 1 heterocycles. The molecule has 0 saturated carbocycles. The number of nitrogens with zero attached hydrogens (tertiary/aromatic N) is 2. The number of amides is 1. The second-order valence-electron chi connectivity index (χ2n) is 8.37. The van der Waals surface area contributed by atoms with Gasteiger partial charge >= 0.3 is 0 Å². The van der Waals surface area contributed by atoms with Crippen LogP contribution in [0.3, 0.4) is 0 Å². The van der Waals surface area contributed by atoms with Crippen molar-refractivity contribution in [3.63, 3.8) is 0 Å². The van der Waals surface area contributed by atoms with Gasteiger partial charge in [0, 0.05) is 35.5 Å². The van der Waals surface area contributed by atoms with E-state index >= 15 is 0 Å². The zero-order valence-corrected chi connectivity index (χ0v) is 19.5. The number of carbonyl (C=O) groups excluding carboxylic acids is 1. The summed E-state index contributed by atoms with van der Waals surface area (Å²) < 4.78 is 27.9. The first-order valence-corrected chi connectivity index (χ1v) is 12.5. The lowest BCUT2D eigenvalue weighted by atomic mass is 10.0. The quantitative estimate of drug-likeness (QED) is 0.395. The maximum Gasteiger partial charge on any atom is 0.273 e. The summed E-state index contributed by atoms with van der Waals surface area (Å²) in [7, 11) is -4.03. The predicted molar refractivity (Wildman–Crippen MR) is 129 cm³/mol. The zero-order valence-electron chi connectivity index (χ0n) is 18.7. The zero-order chi connectivity index (χ0) is 24.3. The number of hydrogen-bond donors (Lipinski definition) is 1. The normalized spacial score (nSPS) is 15.8. The fourth-order valence-corrected chi connectivity index (χ4v) is 5.29. The molecule has 0 aromatic heterocycles. The Morgan fingerprint density at radius 3 is 2.47 bits per heavy atom. The van der Waals surface area contributed by atoms with Gasteiger partial charge in [-0.15, -0.1) is 0 Å². The number of carbonyl (C=O) groups is 1. The molecule has 1 aliphatic heterocycles. The summed E-state index contributed by atoms with van der Waals surface area (Å²) in [5.74, 6) is -0.0815. The van der Waals surface area contributed by atoms with E-state index in [4.69, 9.17) is 0 Å².